The van der Waals surface area contributed by atoms with Crippen molar-refractivity contribution < 1.29 is 14.7 Å². The standard InChI is InChI=1S/C34H43N3O3/c1-25(2)7-5-8-26(3)9-6-10-27(4)20-22-40-31-16-17-33-32(23-31)29(24-36-33)19-21-35-30-14-11-28(12-15-30)13-18-34(38)37-39/h7,9,11-18,20,23-24,35-36,39H,5-6,8,10,19,21-22H2,1-4H3,(H,37,38)/b18-13+,26-9+,27-20+. The van der Waals surface area contributed by atoms with Crippen LogP contribution in [0.3, 0.4) is 0 Å². The van der Waals surface area contributed by atoms with Crippen molar-refractivity contribution in [1.29, 1.82) is 0 Å². The molecule has 0 aliphatic carbocycles. The Hall–Kier alpha value is -4.03. The molecule has 1 heterocycles. The van der Waals surface area contributed by atoms with Crippen LogP contribution in [0.1, 0.15) is 64.5 Å². The normalized spacial score (nSPS) is 12.1. The maximum atomic E-state index is 11.1. The second kappa shape index (κ2) is 16.2. The van der Waals surface area contributed by atoms with Crippen LogP contribution >= 0.6 is 0 Å². The highest BCUT2D eigenvalue weighted by molar-refractivity contribution is 5.90. The van der Waals surface area contributed by atoms with Gasteiger partial charge in [-0.3, -0.25) is 10.0 Å². The van der Waals surface area contributed by atoms with Crippen molar-refractivity contribution in [2.75, 3.05) is 18.5 Å². The van der Waals surface area contributed by atoms with E-state index in [2.05, 4.69) is 74.6 Å². The van der Waals surface area contributed by atoms with Gasteiger partial charge in [-0.15, -0.1) is 0 Å². The van der Waals surface area contributed by atoms with Crippen molar-refractivity contribution in [2.45, 2.75) is 59.8 Å². The predicted molar refractivity (Wildman–Crippen MR) is 167 cm³/mol. The lowest BCUT2D eigenvalue weighted by atomic mass is 10.1. The number of aromatic amines is 1. The molecular weight excluding hydrogens is 498 g/mol. The molecule has 40 heavy (non-hydrogen) atoms. The van der Waals surface area contributed by atoms with Gasteiger partial charge >= 0.3 is 0 Å². The number of fused-ring (bicyclic) bond motifs is 1. The van der Waals surface area contributed by atoms with Crippen molar-refractivity contribution in [3.63, 3.8) is 0 Å². The summed E-state index contributed by atoms with van der Waals surface area (Å²) >= 11 is 0. The van der Waals surface area contributed by atoms with Gasteiger partial charge in [0.05, 0.1) is 0 Å². The molecule has 0 saturated heterocycles. The van der Waals surface area contributed by atoms with Gasteiger partial charge in [0.2, 0.25) is 0 Å². The minimum Gasteiger partial charge on any atom is -0.490 e. The molecule has 6 heteroatoms. The molecule has 0 saturated carbocycles. The fourth-order valence-corrected chi connectivity index (χ4v) is 4.34. The van der Waals surface area contributed by atoms with E-state index in [0.717, 1.165) is 61.2 Å². The molecule has 0 aliphatic rings. The molecule has 3 aromatic rings. The summed E-state index contributed by atoms with van der Waals surface area (Å²) in [6.45, 7) is 10.1. The molecule has 3 rings (SSSR count). The lowest BCUT2D eigenvalue weighted by Gasteiger charge is -2.08. The van der Waals surface area contributed by atoms with Gasteiger partial charge in [-0.05, 0) is 113 Å². The first kappa shape index (κ1) is 30.5. The van der Waals surface area contributed by atoms with Crippen LogP contribution in [0.5, 0.6) is 5.75 Å². The second-order valence-corrected chi connectivity index (χ2v) is 10.4. The van der Waals surface area contributed by atoms with E-state index in [4.69, 9.17) is 9.94 Å². The average Bonchev–Trinajstić information content (AvgIpc) is 3.34. The third-order valence-electron chi connectivity index (χ3n) is 6.71. The van der Waals surface area contributed by atoms with Gasteiger partial charge in [-0.1, -0.05) is 41.0 Å². The van der Waals surface area contributed by atoms with Gasteiger partial charge in [-0.2, -0.15) is 0 Å². The van der Waals surface area contributed by atoms with E-state index in [0.29, 0.717) is 6.61 Å². The maximum Gasteiger partial charge on any atom is 0.267 e. The van der Waals surface area contributed by atoms with Gasteiger partial charge in [0.15, 0.2) is 0 Å². The molecule has 212 valence electrons. The SMILES string of the molecule is CC(C)=CCC/C(C)=C/CC/C(C)=C/COc1ccc2[nH]cc(CCNc3ccc(/C=C/C(=O)NO)cc3)c2c1. The lowest BCUT2D eigenvalue weighted by molar-refractivity contribution is -0.124. The molecule has 0 bridgehead atoms. The summed E-state index contributed by atoms with van der Waals surface area (Å²) < 4.78 is 6.07. The maximum absolute atomic E-state index is 11.1. The molecule has 0 atom stereocenters. The Balaban J connectivity index is 1.46. The van der Waals surface area contributed by atoms with E-state index in [-0.39, 0.29) is 0 Å². The minimum atomic E-state index is -0.555. The Morgan fingerprint density at radius 2 is 1.68 bits per heavy atom. The topological polar surface area (TPSA) is 86.4 Å². The highest BCUT2D eigenvalue weighted by atomic mass is 16.5. The van der Waals surface area contributed by atoms with E-state index >= 15 is 0 Å². The highest BCUT2D eigenvalue weighted by Crippen LogP contribution is 2.24. The van der Waals surface area contributed by atoms with Crippen LogP contribution in [-0.2, 0) is 11.2 Å². The third-order valence-corrected chi connectivity index (χ3v) is 6.71. The largest absolute Gasteiger partial charge is 0.490 e. The van der Waals surface area contributed by atoms with Crippen LogP contribution in [0.2, 0.25) is 0 Å². The van der Waals surface area contributed by atoms with Gasteiger partial charge in [0.25, 0.3) is 5.91 Å². The van der Waals surface area contributed by atoms with Gasteiger partial charge in [-0.25, -0.2) is 5.48 Å². The number of anilines is 1. The van der Waals surface area contributed by atoms with Crippen LogP contribution in [0.4, 0.5) is 5.69 Å². The van der Waals surface area contributed by atoms with E-state index in [9.17, 15) is 4.79 Å². The van der Waals surface area contributed by atoms with Crippen LogP contribution in [0.15, 0.2) is 89.7 Å². The van der Waals surface area contributed by atoms with E-state index in [1.165, 1.54) is 33.7 Å². The number of carbonyl (C=O) groups is 1. The van der Waals surface area contributed by atoms with Crippen LogP contribution < -0.4 is 15.5 Å². The van der Waals surface area contributed by atoms with Crippen LogP contribution in [-0.4, -0.2) is 29.3 Å². The van der Waals surface area contributed by atoms with Crippen molar-refractivity contribution in [1.82, 2.24) is 10.5 Å². The molecular formula is C34H43N3O3. The highest BCUT2D eigenvalue weighted by Gasteiger charge is 2.06. The third kappa shape index (κ3) is 10.6. The summed E-state index contributed by atoms with van der Waals surface area (Å²) in [6.07, 6.45) is 17.1. The number of nitrogens with one attached hydrogen (secondary N) is 3. The number of allylic oxidation sites excluding steroid dienone is 5. The van der Waals surface area contributed by atoms with E-state index in [1.807, 2.05) is 30.3 Å². The second-order valence-electron chi connectivity index (χ2n) is 10.4. The van der Waals surface area contributed by atoms with E-state index < -0.39 is 5.91 Å². The Morgan fingerprint density at radius 1 is 0.950 bits per heavy atom. The predicted octanol–water partition coefficient (Wildman–Crippen LogP) is 8.14. The molecule has 0 aliphatic heterocycles. The molecule has 0 fully saturated rings. The molecule has 0 unspecified atom stereocenters. The number of aromatic nitrogens is 1. The molecule has 0 spiro atoms. The van der Waals surface area contributed by atoms with Gasteiger partial charge in [0.1, 0.15) is 12.4 Å². The van der Waals surface area contributed by atoms with Gasteiger partial charge < -0.3 is 15.0 Å². The summed E-state index contributed by atoms with van der Waals surface area (Å²) in [4.78, 5) is 14.5. The van der Waals surface area contributed by atoms with Crippen molar-refractivity contribution in [2.24, 2.45) is 0 Å². The van der Waals surface area contributed by atoms with Gasteiger partial charge in [0, 0.05) is 35.4 Å². The molecule has 2 aromatic carbocycles. The number of carbonyl (C=O) groups excluding carboxylic acids is 1. The van der Waals surface area contributed by atoms with Crippen molar-refractivity contribution >= 4 is 28.6 Å². The summed E-state index contributed by atoms with van der Waals surface area (Å²) in [5, 5.41) is 13.2. The summed E-state index contributed by atoms with van der Waals surface area (Å²) in [5.74, 6) is 0.319. The summed E-state index contributed by atoms with van der Waals surface area (Å²) in [5.41, 5.74) is 10.00. The zero-order valence-electron chi connectivity index (χ0n) is 24.2. The number of ether oxygens (including phenoxy) is 1. The summed E-state index contributed by atoms with van der Waals surface area (Å²) in [6, 6.07) is 14.0. The number of benzene rings is 2. The number of hydroxylamine groups is 1. The fourth-order valence-electron chi connectivity index (χ4n) is 4.34. The minimum absolute atomic E-state index is 0.555. The van der Waals surface area contributed by atoms with Crippen molar-refractivity contribution in [3.05, 3.63) is 101 Å². The molecule has 6 nitrogen and oxygen atoms in total. The number of hydrogen-bond donors (Lipinski definition) is 4. The lowest BCUT2D eigenvalue weighted by Crippen LogP contribution is -2.14. The van der Waals surface area contributed by atoms with Crippen molar-refractivity contribution in [3.8, 4) is 5.75 Å². The Bertz CT molecular complexity index is 1360. The van der Waals surface area contributed by atoms with Crippen LogP contribution in [0, 0.1) is 0 Å². The Kier molecular flexibility index (Phi) is 12.3. The number of rotatable bonds is 15. The Labute approximate surface area is 238 Å². The Morgan fingerprint density at radius 3 is 2.40 bits per heavy atom. The van der Waals surface area contributed by atoms with E-state index in [1.54, 1.807) is 11.6 Å². The fraction of sp³-hybridized carbons (Fsp3) is 0.324. The first-order chi connectivity index (χ1) is 19.3. The average molecular weight is 542 g/mol. The van der Waals surface area contributed by atoms with Crippen LogP contribution in [0.25, 0.3) is 17.0 Å². The number of amides is 1. The molecule has 4 N–H and O–H groups in total. The molecule has 1 aromatic heterocycles. The summed E-state index contributed by atoms with van der Waals surface area (Å²) in [7, 11) is 0. The smallest absolute Gasteiger partial charge is 0.267 e. The molecule has 0 radical (unpaired) electrons. The zero-order valence-corrected chi connectivity index (χ0v) is 24.2. The molecule has 1 amide bonds. The first-order valence-corrected chi connectivity index (χ1v) is 14.0. The number of hydrogen-bond acceptors (Lipinski definition) is 4. The zero-order chi connectivity index (χ0) is 28.7. The monoisotopic (exact) mass is 541 g/mol. The quantitative estimate of drug-likeness (QED) is 0.0677. The number of H-pyrrole nitrogens is 1. The first-order valence-electron chi connectivity index (χ1n) is 14.0.